The van der Waals surface area contributed by atoms with Gasteiger partial charge in [-0.1, -0.05) is 51.4 Å². The lowest BCUT2D eigenvalue weighted by atomic mass is 9.81. The topological polar surface area (TPSA) is 47.6 Å². The Morgan fingerprint density at radius 1 is 0.600 bits per heavy atom. The lowest BCUT2D eigenvalue weighted by Gasteiger charge is -2.17. The van der Waals surface area contributed by atoms with Crippen LogP contribution in [0.25, 0.3) is 0 Å². The van der Waals surface area contributed by atoms with Gasteiger partial charge in [-0.2, -0.15) is 10.5 Å². The van der Waals surface area contributed by atoms with E-state index in [1.54, 1.807) is 0 Å². The molecule has 0 unspecified atom stereocenters. The van der Waals surface area contributed by atoms with E-state index in [1.807, 2.05) is 0 Å². The first kappa shape index (κ1) is 12.1. The van der Waals surface area contributed by atoms with Gasteiger partial charge in [-0.25, -0.2) is 0 Å². The molecule has 0 spiro atoms. The van der Waals surface area contributed by atoms with Crippen LogP contribution in [-0.2, 0) is 0 Å². The molecule has 0 aromatic carbocycles. The van der Waals surface area contributed by atoms with E-state index in [-0.39, 0.29) is 0 Å². The second-order valence-electron chi connectivity index (χ2n) is 4.63. The molecule has 0 aromatic heterocycles. The van der Waals surface area contributed by atoms with Gasteiger partial charge < -0.3 is 0 Å². The highest BCUT2D eigenvalue weighted by atomic mass is 14.4. The summed E-state index contributed by atoms with van der Waals surface area (Å²) in [5.74, 6) is 0. The third kappa shape index (κ3) is 3.92. The highest BCUT2D eigenvalue weighted by Gasteiger charge is 2.28. The molecule has 1 saturated carbocycles. The van der Waals surface area contributed by atoms with Crippen molar-refractivity contribution >= 4 is 0 Å². The first-order valence-electron chi connectivity index (χ1n) is 6.15. The minimum absolute atomic E-state index is 0.676. The maximum absolute atomic E-state index is 9.12. The molecular weight excluding hydrogens is 184 g/mol. The highest BCUT2D eigenvalue weighted by molar-refractivity contribution is 5.13. The van der Waals surface area contributed by atoms with E-state index in [0.29, 0.717) is 0 Å². The molecule has 0 heterocycles. The van der Waals surface area contributed by atoms with Crippen molar-refractivity contribution in [3.05, 3.63) is 0 Å². The number of hydrogen-bond donors (Lipinski definition) is 0. The number of rotatable bonds is 0. The maximum Gasteiger partial charge on any atom is 0.143 e. The predicted molar refractivity (Wildman–Crippen MR) is 59.8 cm³/mol. The Balaban J connectivity index is 2.54. The van der Waals surface area contributed by atoms with E-state index in [2.05, 4.69) is 12.1 Å². The standard InChI is InChI=1S/C13H20N2/c14-11-13(12-15)9-7-5-3-1-2-4-6-8-10-13/h1-10H2. The smallest absolute Gasteiger partial charge is 0.143 e. The summed E-state index contributed by atoms with van der Waals surface area (Å²) in [5.41, 5.74) is -0.676. The van der Waals surface area contributed by atoms with Crippen LogP contribution in [0, 0.1) is 28.1 Å². The van der Waals surface area contributed by atoms with Crippen LogP contribution < -0.4 is 0 Å². The summed E-state index contributed by atoms with van der Waals surface area (Å²) in [4.78, 5) is 0. The van der Waals surface area contributed by atoms with Gasteiger partial charge in [0.1, 0.15) is 5.41 Å². The molecular formula is C13H20N2. The Morgan fingerprint density at radius 3 is 1.27 bits per heavy atom. The van der Waals surface area contributed by atoms with Gasteiger partial charge in [0, 0.05) is 0 Å². The van der Waals surface area contributed by atoms with Gasteiger partial charge in [0.2, 0.25) is 0 Å². The van der Waals surface area contributed by atoms with E-state index >= 15 is 0 Å². The summed E-state index contributed by atoms with van der Waals surface area (Å²) in [7, 11) is 0. The zero-order valence-corrected chi connectivity index (χ0v) is 9.47. The van der Waals surface area contributed by atoms with Crippen LogP contribution in [0.2, 0.25) is 0 Å². The van der Waals surface area contributed by atoms with E-state index in [4.69, 9.17) is 10.5 Å². The summed E-state index contributed by atoms with van der Waals surface area (Å²) in [6, 6.07) is 4.48. The predicted octanol–water partition coefficient (Wildman–Crippen LogP) is 3.93. The minimum atomic E-state index is -0.676. The van der Waals surface area contributed by atoms with Crippen molar-refractivity contribution in [2.45, 2.75) is 64.2 Å². The van der Waals surface area contributed by atoms with Crippen molar-refractivity contribution in [3.8, 4) is 12.1 Å². The molecule has 1 aliphatic rings. The molecule has 2 nitrogen and oxygen atoms in total. The molecule has 1 aliphatic carbocycles. The summed E-state index contributed by atoms with van der Waals surface area (Å²) in [5, 5.41) is 18.2. The van der Waals surface area contributed by atoms with E-state index in [1.165, 1.54) is 38.5 Å². The molecule has 0 N–H and O–H groups in total. The van der Waals surface area contributed by atoms with Crippen LogP contribution in [0.15, 0.2) is 0 Å². The molecule has 0 radical (unpaired) electrons. The quantitative estimate of drug-likeness (QED) is 0.600. The van der Waals surface area contributed by atoms with Crippen molar-refractivity contribution in [3.63, 3.8) is 0 Å². The molecule has 2 heteroatoms. The van der Waals surface area contributed by atoms with Crippen molar-refractivity contribution in [2.75, 3.05) is 0 Å². The normalized spacial score (nSPS) is 23.1. The second kappa shape index (κ2) is 6.46. The van der Waals surface area contributed by atoms with Gasteiger partial charge in [-0.3, -0.25) is 0 Å². The molecule has 0 saturated heterocycles. The molecule has 0 aliphatic heterocycles. The van der Waals surface area contributed by atoms with Crippen LogP contribution in [0.3, 0.4) is 0 Å². The Hall–Kier alpha value is -1.02. The summed E-state index contributed by atoms with van der Waals surface area (Å²) in [6.45, 7) is 0. The molecule has 0 bridgehead atoms. The highest BCUT2D eigenvalue weighted by Crippen LogP contribution is 2.31. The van der Waals surface area contributed by atoms with Gasteiger partial charge in [0.25, 0.3) is 0 Å². The number of nitrogens with zero attached hydrogens (tertiary/aromatic N) is 2. The van der Waals surface area contributed by atoms with Crippen molar-refractivity contribution in [1.29, 1.82) is 10.5 Å². The average Bonchev–Trinajstić information content (AvgIpc) is 2.33. The van der Waals surface area contributed by atoms with Gasteiger partial charge in [-0.15, -0.1) is 0 Å². The first-order valence-corrected chi connectivity index (χ1v) is 6.15. The fraction of sp³-hybridized carbons (Fsp3) is 0.846. The Labute approximate surface area is 92.9 Å². The largest absolute Gasteiger partial charge is 0.197 e. The molecule has 0 amide bonds. The zero-order chi connectivity index (χ0) is 11.0. The third-order valence-corrected chi connectivity index (χ3v) is 3.39. The number of hydrogen-bond acceptors (Lipinski definition) is 2. The van der Waals surface area contributed by atoms with Gasteiger partial charge in [0.05, 0.1) is 12.1 Å². The molecule has 0 aromatic rings. The molecule has 0 atom stereocenters. The van der Waals surface area contributed by atoms with Crippen LogP contribution in [0.5, 0.6) is 0 Å². The van der Waals surface area contributed by atoms with Crippen molar-refractivity contribution in [1.82, 2.24) is 0 Å². The van der Waals surface area contributed by atoms with E-state index in [9.17, 15) is 0 Å². The van der Waals surface area contributed by atoms with Gasteiger partial charge in [0.15, 0.2) is 0 Å². The summed E-state index contributed by atoms with van der Waals surface area (Å²) in [6.07, 6.45) is 11.2. The Bertz CT molecular complexity index is 229. The Morgan fingerprint density at radius 2 is 0.933 bits per heavy atom. The average molecular weight is 204 g/mol. The molecule has 1 fully saturated rings. The van der Waals surface area contributed by atoms with Crippen LogP contribution in [0.1, 0.15) is 64.2 Å². The lowest BCUT2D eigenvalue weighted by Crippen LogP contribution is -2.15. The monoisotopic (exact) mass is 204 g/mol. The molecule has 1 rings (SSSR count). The second-order valence-corrected chi connectivity index (χ2v) is 4.63. The van der Waals surface area contributed by atoms with E-state index < -0.39 is 5.41 Å². The van der Waals surface area contributed by atoms with Crippen molar-refractivity contribution < 1.29 is 0 Å². The minimum Gasteiger partial charge on any atom is -0.197 e. The maximum atomic E-state index is 9.12. The summed E-state index contributed by atoms with van der Waals surface area (Å²) >= 11 is 0. The van der Waals surface area contributed by atoms with Crippen LogP contribution in [0.4, 0.5) is 0 Å². The molecule has 82 valence electrons. The molecule has 15 heavy (non-hydrogen) atoms. The fourth-order valence-electron chi connectivity index (χ4n) is 2.29. The van der Waals surface area contributed by atoms with Crippen LogP contribution in [-0.4, -0.2) is 0 Å². The van der Waals surface area contributed by atoms with Gasteiger partial charge in [-0.05, 0) is 12.8 Å². The number of nitriles is 2. The zero-order valence-electron chi connectivity index (χ0n) is 9.47. The fourth-order valence-corrected chi connectivity index (χ4v) is 2.29. The Kier molecular flexibility index (Phi) is 5.19. The third-order valence-electron chi connectivity index (χ3n) is 3.39. The van der Waals surface area contributed by atoms with Gasteiger partial charge >= 0.3 is 0 Å². The van der Waals surface area contributed by atoms with Crippen molar-refractivity contribution in [2.24, 2.45) is 5.41 Å². The van der Waals surface area contributed by atoms with Crippen LogP contribution >= 0.6 is 0 Å². The SMILES string of the molecule is N#CC1(C#N)CCCCCCCCCC1. The lowest BCUT2D eigenvalue weighted by molar-refractivity contribution is 0.402. The van der Waals surface area contributed by atoms with E-state index in [0.717, 1.165) is 25.7 Å². The first-order chi connectivity index (χ1) is 7.33. The summed E-state index contributed by atoms with van der Waals surface area (Å²) < 4.78 is 0.